The number of ether oxygens (including phenoxy) is 1. The fourth-order valence-electron chi connectivity index (χ4n) is 3.50. The number of nitrogens with one attached hydrogen (secondary N) is 1. The standard InChI is InChI=1S/C23H27N5O/c1-3-18-4-6-19(7-5-18)25-22-12-13-24-23(26-22)28-16-14-27(15-17-28)20-8-10-21(29-2)11-9-20/h4-13H,3,14-17H2,1-2H3,(H,24,25,26). The highest BCUT2D eigenvalue weighted by Gasteiger charge is 2.19. The molecule has 0 saturated carbocycles. The van der Waals surface area contributed by atoms with Gasteiger partial charge in [-0.25, -0.2) is 4.98 Å². The molecule has 150 valence electrons. The van der Waals surface area contributed by atoms with Gasteiger partial charge >= 0.3 is 0 Å². The number of rotatable bonds is 6. The Hall–Kier alpha value is -3.28. The third-order valence-electron chi connectivity index (χ3n) is 5.28. The van der Waals surface area contributed by atoms with Crippen molar-refractivity contribution in [3.63, 3.8) is 0 Å². The molecule has 1 N–H and O–H groups in total. The third kappa shape index (κ3) is 4.59. The maximum absolute atomic E-state index is 5.25. The molecule has 1 saturated heterocycles. The molecule has 1 aliphatic rings. The molecule has 0 amide bonds. The van der Waals surface area contributed by atoms with Crippen LogP contribution in [-0.4, -0.2) is 43.3 Å². The number of hydrogen-bond donors (Lipinski definition) is 1. The van der Waals surface area contributed by atoms with E-state index in [1.165, 1.54) is 11.3 Å². The van der Waals surface area contributed by atoms with Gasteiger partial charge in [0.15, 0.2) is 0 Å². The summed E-state index contributed by atoms with van der Waals surface area (Å²) in [6.45, 7) is 5.81. The van der Waals surface area contributed by atoms with Crippen molar-refractivity contribution in [2.24, 2.45) is 0 Å². The van der Waals surface area contributed by atoms with Crippen LogP contribution in [0, 0.1) is 0 Å². The summed E-state index contributed by atoms with van der Waals surface area (Å²) in [5.41, 5.74) is 3.59. The van der Waals surface area contributed by atoms with E-state index >= 15 is 0 Å². The van der Waals surface area contributed by atoms with E-state index in [9.17, 15) is 0 Å². The van der Waals surface area contributed by atoms with Gasteiger partial charge < -0.3 is 19.9 Å². The predicted octanol–water partition coefficient (Wildman–Crippen LogP) is 4.12. The number of piperazine rings is 1. The van der Waals surface area contributed by atoms with Crippen molar-refractivity contribution in [3.05, 3.63) is 66.4 Å². The molecule has 4 rings (SSSR count). The molecule has 1 fully saturated rings. The highest BCUT2D eigenvalue weighted by atomic mass is 16.5. The zero-order valence-corrected chi connectivity index (χ0v) is 17.0. The van der Waals surface area contributed by atoms with Crippen LogP contribution < -0.4 is 19.9 Å². The number of benzene rings is 2. The first-order chi connectivity index (χ1) is 14.2. The van der Waals surface area contributed by atoms with Gasteiger partial charge in [0.05, 0.1) is 7.11 Å². The lowest BCUT2D eigenvalue weighted by atomic mass is 10.1. The summed E-state index contributed by atoms with van der Waals surface area (Å²) in [6.07, 6.45) is 2.86. The molecule has 0 aliphatic carbocycles. The topological polar surface area (TPSA) is 53.5 Å². The van der Waals surface area contributed by atoms with Crippen molar-refractivity contribution < 1.29 is 4.74 Å². The van der Waals surface area contributed by atoms with Gasteiger partial charge in [-0.15, -0.1) is 0 Å². The highest BCUT2D eigenvalue weighted by Crippen LogP contribution is 2.22. The van der Waals surface area contributed by atoms with Gasteiger partial charge in [0.25, 0.3) is 0 Å². The van der Waals surface area contributed by atoms with Gasteiger partial charge in [0, 0.05) is 43.8 Å². The van der Waals surface area contributed by atoms with Crippen LogP contribution >= 0.6 is 0 Å². The zero-order chi connectivity index (χ0) is 20.1. The van der Waals surface area contributed by atoms with Gasteiger partial charge in [-0.2, -0.15) is 4.98 Å². The molecule has 6 heteroatoms. The first-order valence-electron chi connectivity index (χ1n) is 10.1. The smallest absolute Gasteiger partial charge is 0.227 e. The van der Waals surface area contributed by atoms with E-state index in [1.54, 1.807) is 7.11 Å². The number of aryl methyl sites for hydroxylation is 1. The molecule has 0 atom stereocenters. The molecule has 0 unspecified atom stereocenters. The van der Waals surface area contributed by atoms with Crippen LogP contribution in [0.2, 0.25) is 0 Å². The Kier molecular flexibility index (Phi) is 5.79. The number of methoxy groups -OCH3 is 1. The van der Waals surface area contributed by atoms with Gasteiger partial charge in [-0.3, -0.25) is 0 Å². The van der Waals surface area contributed by atoms with Crippen molar-refractivity contribution in [1.82, 2.24) is 9.97 Å². The minimum atomic E-state index is 0.773. The molecule has 0 spiro atoms. The van der Waals surface area contributed by atoms with Crippen LogP contribution in [0.15, 0.2) is 60.8 Å². The Morgan fingerprint density at radius 1 is 0.897 bits per heavy atom. The van der Waals surface area contributed by atoms with E-state index in [4.69, 9.17) is 9.72 Å². The SMILES string of the molecule is CCc1ccc(Nc2ccnc(N3CCN(c4ccc(OC)cc4)CC3)n2)cc1. The highest BCUT2D eigenvalue weighted by molar-refractivity contribution is 5.58. The minimum absolute atomic E-state index is 0.773. The Bertz CT molecular complexity index is 919. The van der Waals surface area contributed by atoms with Crippen molar-refractivity contribution in [3.8, 4) is 5.75 Å². The molecule has 2 aromatic carbocycles. The van der Waals surface area contributed by atoms with Crippen LogP contribution in [0.4, 0.5) is 23.1 Å². The number of aromatic nitrogens is 2. The molecular formula is C23H27N5O. The van der Waals surface area contributed by atoms with Crippen LogP contribution in [0.5, 0.6) is 5.75 Å². The Morgan fingerprint density at radius 2 is 1.59 bits per heavy atom. The van der Waals surface area contributed by atoms with E-state index in [0.29, 0.717) is 0 Å². The first-order valence-corrected chi connectivity index (χ1v) is 10.1. The van der Waals surface area contributed by atoms with Crippen molar-refractivity contribution in [2.45, 2.75) is 13.3 Å². The summed E-state index contributed by atoms with van der Waals surface area (Å²) in [4.78, 5) is 13.8. The summed E-state index contributed by atoms with van der Waals surface area (Å²) in [5, 5.41) is 3.38. The van der Waals surface area contributed by atoms with Crippen molar-refractivity contribution in [1.29, 1.82) is 0 Å². The maximum Gasteiger partial charge on any atom is 0.227 e. The predicted molar refractivity (Wildman–Crippen MR) is 119 cm³/mol. The van der Waals surface area contributed by atoms with E-state index in [-0.39, 0.29) is 0 Å². The van der Waals surface area contributed by atoms with Gasteiger partial charge in [-0.05, 0) is 54.4 Å². The third-order valence-corrected chi connectivity index (χ3v) is 5.28. The largest absolute Gasteiger partial charge is 0.497 e. The minimum Gasteiger partial charge on any atom is -0.497 e. The summed E-state index contributed by atoms with van der Waals surface area (Å²) < 4.78 is 5.25. The lowest BCUT2D eigenvalue weighted by Crippen LogP contribution is -2.47. The zero-order valence-electron chi connectivity index (χ0n) is 17.0. The summed E-state index contributed by atoms with van der Waals surface area (Å²) in [5.74, 6) is 2.47. The molecule has 2 heterocycles. The fraction of sp³-hybridized carbons (Fsp3) is 0.304. The second-order valence-corrected chi connectivity index (χ2v) is 7.09. The molecule has 6 nitrogen and oxygen atoms in total. The average molecular weight is 390 g/mol. The normalized spacial score (nSPS) is 14.0. The fourth-order valence-corrected chi connectivity index (χ4v) is 3.50. The number of nitrogens with zero attached hydrogens (tertiary/aromatic N) is 4. The van der Waals surface area contributed by atoms with E-state index in [0.717, 1.165) is 55.8 Å². The van der Waals surface area contributed by atoms with Crippen LogP contribution in [0.3, 0.4) is 0 Å². The van der Waals surface area contributed by atoms with Crippen molar-refractivity contribution in [2.75, 3.05) is 48.4 Å². The van der Waals surface area contributed by atoms with E-state index < -0.39 is 0 Å². The summed E-state index contributed by atoms with van der Waals surface area (Å²) in [7, 11) is 1.69. The number of anilines is 4. The number of hydrogen-bond acceptors (Lipinski definition) is 6. The van der Waals surface area contributed by atoms with E-state index in [1.807, 2.05) is 24.4 Å². The second-order valence-electron chi connectivity index (χ2n) is 7.09. The molecule has 1 aromatic heterocycles. The van der Waals surface area contributed by atoms with Crippen molar-refractivity contribution >= 4 is 23.1 Å². The van der Waals surface area contributed by atoms with E-state index in [2.05, 4.69) is 63.4 Å². The quantitative estimate of drug-likeness (QED) is 0.685. The monoisotopic (exact) mass is 389 g/mol. The molecule has 0 bridgehead atoms. The first kappa shape index (κ1) is 19.1. The lowest BCUT2D eigenvalue weighted by Gasteiger charge is -2.36. The van der Waals surface area contributed by atoms with Crippen LogP contribution in [-0.2, 0) is 6.42 Å². The molecule has 3 aromatic rings. The van der Waals surface area contributed by atoms with Crippen LogP contribution in [0.1, 0.15) is 12.5 Å². The van der Waals surface area contributed by atoms with Gasteiger partial charge in [0.1, 0.15) is 11.6 Å². The molecule has 29 heavy (non-hydrogen) atoms. The Balaban J connectivity index is 1.38. The second kappa shape index (κ2) is 8.82. The van der Waals surface area contributed by atoms with Gasteiger partial charge in [0.2, 0.25) is 5.95 Å². The molecular weight excluding hydrogens is 362 g/mol. The Morgan fingerprint density at radius 3 is 2.24 bits per heavy atom. The molecule has 1 aliphatic heterocycles. The van der Waals surface area contributed by atoms with Crippen LogP contribution in [0.25, 0.3) is 0 Å². The molecule has 0 radical (unpaired) electrons. The van der Waals surface area contributed by atoms with Gasteiger partial charge in [-0.1, -0.05) is 19.1 Å². The average Bonchev–Trinajstić information content (AvgIpc) is 2.80. The maximum atomic E-state index is 5.25. The summed E-state index contributed by atoms with van der Waals surface area (Å²) in [6, 6.07) is 18.6. The lowest BCUT2D eigenvalue weighted by molar-refractivity contribution is 0.415. The summed E-state index contributed by atoms with van der Waals surface area (Å²) >= 11 is 0. The Labute approximate surface area is 172 Å².